The summed E-state index contributed by atoms with van der Waals surface area (Å²) in [5, 5.41) is 1.31. The fourth-order valence-electron chi connectivity index (χ4n) is 1.96. The fraction of sp³-hybridized carbons (Fsp3) is 0. The molecule has 0 amide bonds. The van der Waals surface area contributed by atoms with Crippen molar-refractivity contribution in [2.45, 2.75) is 9.79 Å². The van der Waals surface area contributed by atoms with Crippen LogP contribution in [0.4, 0.5) is 5.69 Å². The number of nitrogen functional groups attached to an aromatic ring is 1. The number of nitrogens with two attached hydrogens (primary N) is 1. The van der Waals surface area contributed by atoms with Crippen LogP contribution in [0.1, 0.15) is 5.56 Å². The molecule has 19 heavy (non-hydrogen) atoms. The van der Waals surface area contributed by atoms with Gasteiger partial charge >= 0.3 is 0 Å². The van der Waals surface area contributed by atoms with Crippen molar-refractivity contribution in [3.8, 4) is 0 Å². The molecule has 1 aliphatic heterocycles. The van der Waals surface area contributed by atoms with Gasteiger partial charge in [0.05, 0.1) is 10.3 Å². The highest BCUT2D eigenvalue weighted by Gasteiger charge is 2.27. The highest BCUT2D eigenvalue weighted by molar-refractivity contribution is 8.10. The predicted octanol–water partition coefficient (Wildman–Crippen LogP) is 3.15. The third kappa shape index (κ3) is 2.15. The maximum absolute atomic E-state index is 12.0. The summed E-state index contributed by atoms with van der Waals surface area (Å²) < 4.78 is 24.0. The normalized spacial score (nSPS) is 15.9. The molecule has 3 nitrogen and oxygen atoms in total. The van der Waals surface area contributed by atoms with Crippen LogP contribution in [0.15, 0.2) is 63.7 Å². The van der Waals surface area contributed by atoms with Crippen molar-refractivity contribution in [1.29, 1.82) is 0 Å². The first-order valence-corrected chi connectivity index (χ1v) is 8.03. The lowest BCUT2D eigenvalue weighted by Crippen LogP contribution is -1.91. The third-order valence-corrected chi connectivity index (χ3v) is 5.67. The molecule has 2 N–H and O–H groups in total. The van der Waals surface area contributed by atoms with Gasteiger partial charge in [0.15, 0.2) is 0 Å². The van der Waals surface area contributed by atoms with Crippen LogP contribution < -0.4 is 5.73 Å². The molecule has 0 saturated carbocycles. The van der Waals surface area contributed by atoms with Crippen LogP contribution in [0.3, 0.4) is 0 Å². The summed E-state index contributed by atoms with van der Waals surface area (Å²) in [7, 11) is -3.31. The van der Waals surface area contributed by atoms with Gasteiger partial charge in [0.2, 0.25) is 9.84 Å². The van der Waals surface area contributed by atoms with Crippen molar-refractivity contribution in [2.75, 3.05) is 5.73 Å². The number of benzene rings is 2. The van der Waals surface area contributed by atoms with Crippen LogP contribution in [0.25, 0.3) is 4.91 Å². The summed E-state index contributed by atoms with van der Waals surface area (Å²) in [6.45, 7) is 0. The van der Waals surface area contributed by atoms with E-state index in [2.05, 4.69) is 0 Å². The Morgan fingerprint density at radius 2 is 1.63 bits per heavy atom. The van der Waals surface area contributed by atoms with Gasteiger partial charge in [-0.1, -0.05) is 42.1 Å². The van der Waals surface area contributed by atoms with Gasteiger partial charge in [-0.2, -0.15) is 0 Å². The van der Waals surface area contributed by atoms with E-state index in [4.69, 9.17) is 5.73 Å². The van der Waals surface area contributed by atoms with E-state index >= 15 is 0 Å². The second kappa shape index (κ2) is 4.43. The molecular formula is C14H11NO2S2. The van der Waals surface area contributed by atoms with Gasteiger partial charge in [0, 0.05) is 21.1 Å². The Balaban J connectivity index is 2.07. The van der Waals surface area contributed by atoms with Crippen molar-refractivity contribution in [1.82, 2.24) is 0 Å². The fourth-order valence-corrected chi connectivity index (χ4v) is 4.74. The minimum absolute atomic E-state index is 0.368. The summed E-state index contributed by atoms with van der Waals surface area (Å²) in [6, 6.07) is 14.4. The zero-order valence-electron chi connectivity index (χ0n) is 9.91. The molecule has 1 heterocycles. The number of rotatable bonds is 2. The molecule has 0 aromatic heterocycles. The number of thioether (sulfide) groups is 1. The zero-order valence-corrected chi connectivity index (χ0v) is 11.5. The quantitative estimate of drug-likeness (QED) is 0.863. The second-order valence-electron chi connectivity index (χ2n) is 4.16. The zero-order chi connectivity index (χ0) is 13.5. The molecule has 96 valence electrons. The van der Waals surface area contributed by atoms with Crippen molar-refractivity contribution >= 4 is 32.2 Å². The first-order chi connectivity index (χ1) is 9.08. The highest BCUT2D eigenvalue weighted by atomic mass is 32.2. The monoisotopic (exact) mass is 289 g/mol. The van der Waals surface area contributed by atoms with Crippen LogP contribution in [-0.4, -0.2) is 8.42 Å². The van der Waals surface area contributed by atoms with Crippen LogP contribution >= 0.6 is 11.8 Å². The Labute approximate surface area is 116 Å². The summed E-state index contributed by atoms with van der Waals surface area (Å²) in [5.41, 5.74) is 7.28. The van der Waals surface area contributed by atoms with E-state index in [9.17, 15) is 8.42 Å². The Morgan fingerprint density at radius 3 is 2.42 bits per heavy atom. The first kappa shape index (κ1) is 12.3. The summed E-state index contributed by atoms with van der Waals surface area (Å²) in [5.74, 6) is 0. The molecule has 0 atom stereocenters. The van der Waals surface area contributed by atoms with Gasteiger partial charge in [0.1, 0.15) is 0 Å². The standard InChI is InChI=1S/C14H11NO2S2/c15-11-6-2-3-7-12(11)18-13-9-19(16,17)14-8-4-1-5-10(13)14/h1-9H,15H2. The lowest BCUT2D eigenvalue weighted by molar-refractivity contribution is 0.605. The molecule has 2 aromatic rings. The molecule has 0 saturated heterocycles. The topological polar surface area (TPSA) is 60.2 Å². The molecule has 0 unspecified atom stereocenters. The highest BCUT2D eigenvalue weighted by Crippen LogP contribution is 2.44. The first-order valence-electron chi connectivity index (χ1n) is 5.66. The number of fused-ring (bicyclic) bond motifs is 1. The molecule has 0 bridgehead atoms. The van der Waals surface area contributed by atoms with Gasteiger partial charge in [0.25, 0.3) is 0 Å². The number of para-hydroxylation sites is 1. The van der Waals surface area contributed by atoms with Crippen molar-refractivity contribution in [2.24, 2.45) is 0 Å². The summed E-state index contributed by atoms with van der Waals surface area (Å²) in [6.07, 6.45) is 0. The Bertz CT molecular complexity index is 780. The summed E-state index contributed by atoms with van der Waals surface area (Å²) in [4.78, 5) is 1.95. The maximum Gasteiger partial charge on any atom is 0.201 e. The molecular weight excluding hydrogens is 278 g/mol. The van der Waals surface area contributed by atoms with Gasteiger partial charge in [-0.3, -0.25) is 0 Å². The van der Waals surface area contributed by atoms with Crippen molar-refractivity contribution < 1.29 is 8.42 Å². The van der Waals surface area contributed by atoms with E-state index in [0.717, 1.165) is 10.5 Å². The SMILES string of the molecule is Nc1ccccc1SC1=CS(=O)(=O)c2ccccc21. The number of hydrogen-bond acceptors (Lipinski definition) is 4. The third-order valence-electron chi connectivity index (χ3n) is 2.86. The lowest BCUT2D eigenvalue weighted by atomic mass is 10.2. The van der Waals surface area contributed by atoms with E-state index in [1.165, 1.54) is 17.2 Å². The van der Waals surface area contributed by atoms with E-state index in [0.29, 0.717) is 15.5 Å². The Hall–Kier alpha value is -1.72. The molecule has 0 radical (unpaired) electrons. The van der Waals surface area contributed by atoms with E-state index in [-0.39, 0.29) is 0 Å². The molecule has 0 fully saturated rings. The van der Waals surface area contributed by atoms with E-state index in [1.54, 1.807) is 18.2 Å². The number of hydrogen-bond donors (Lipinski definition) is 1. The average Bonchev–Trinajstić information content (AvgIpc) is 2.65. The van der Waals surface area contributed by atoms with E-state index in [1.807, 2.05) is 30.3 Å². The van der Waals surface area contributed by atoms with E-state index < -0.39 is 9.84 Å². The van der Waals surface area contributed by atoms with Crippen LogP contribution in [-0.2, 0) is 9.84 Å². The number of anilines is 1. The van der Waals surface area contributed by atoms with Crippen molar-refractivity contribution in [3.05, 3.63) is 59.5 Å². The van der Waals surface area contributed by atoms with Crippen LogP contribution in [0.2, 0.25) is 0 Å². The molecule has 0 spiro atoms. The molecule has 3 rings (SSSR count). The minimum Gasteiger partial charge on any atom is -0.398 e. The van der Waals surface area contributed by atoms with Crippen LogP contribution in [0, 0.1) is 0 Å². The smallest absolute Gasteiger partial charge is 0.201 e. The van der Waals surface area contributed by atoms with Gasteiger partial charge in [-0.15, -0.1) is 0 Å². The predicted molar refractivity (Wildman–Crippen MR) is 78.3 cm³/mol. The Kier molecular flexibility index (Phi) is 2.88. The maximum atomic E-state index is 12.0. The lowest BCUT2D eigenvalue weighted by Gasteiger charge is -2.06. The molecule has 2 aromatic carbocycles. The largest absolute Gasteiger partial charge is 0.398 e. The van der Waals surface area contributed by atoms with Gasteiger partial charge in [-0.25, -0.2) is 8.42 Å². The van der Waals surface area contributed by atoms with Crippen LogP contribution in [0.5, 0.6) is 0 Å². The summed E-state index contributed by atoms with van der Waals surface area (Å²) >= 11 is 1.38. The van der Waals surface area contributed by atoms with Gasteiger partial charge in [-0.05, 0) is 18.2 Å². The van der Waals surface area contributed by atoms with Gasteiger partial charge < -0.3 is 5.73 Å². The average molecular weight is 289 g/mol. The minimum atomic E-state index is -3.31. The molecule has 1 aliphatic rings. The molecule has 5 heteroatoms. The molecule has 0 aliphatic carbocycles. The Morgan fingerprint density at radius 1 is 0.947 bits per heavy atom. The van der Waals surface area contributed by atoms with Crippen molar-refractivity contribution in [3.63, 3.8) is 0 Å². The number of sulfone groups is 1. The second-order valence-corrected chi connectivity index (χ2v) is 7.01.